The first kappa shape index (κ1) is 13.7. The number of unbranched alkanes of at least 4 members (excludes halogenated alkanes) is 4. The fraction of sp³-hybridized carbons (Fsp3) is 0.846. The minimum Gasteiger partial charge on any atom is -0.303 e. The van der Waals surface area contributed by atoms with Crippen molar-refractivity contribution in [1.29, 1.82) is 0 Å². The molecule has 1 radical (unpaired) electrons. The van der Waals surface area contributed by atoms with Crippen molar-refractivity contribution in [2.75, 3.05) is 0 Å². The van der Waals surface area contributed by atoms with Crippen molar-refractivity contribution in [1.82, 2.24) is 0 Å². The van der Waals surface area contributed by atoms with Crippen LogP contribution in [0.4, 0.5) is 0 Å². The van der Waals surface area contributed by atoms with E-state index in [1.165, 1.54) is 44.9 Å². The zero-order chi connectivity index (χ0) is 10.6. The van der Waals surface area contributed by atoms with Crippen molar-refractivity contribution < 1.29 is 4.79 Å². The van der Waals surface area contributed by atoms with Gasteiger partial charge in [-0.2, -0.15) is 0 Å². The summed E-state index contributed by atoms with van der Waals surface area (Å²) in [5.41, 5.74) is 0. The normalized spacial score (nSPS) is 12.7. The van der Waals surface area contributed by atoms with Crippen molar-refractivity contribution in [3.05, 3.63) is 6.42 Å². The van der Waals surface area contributed by atoms with Crippen LogP contribution in [0.15, 0.2) is 0 Å². The highest BCUT2D eigenvalue weighted by atomic mass is 16.1. The molecule has 83 valence electrons. The number of hydrogen-bond donors (Lipinski definition) is 0. The monoisotopic (exact) mass is 197 g/mol. The number of carbonyl (C=O) groups is 1. The van der Waals surface area contributed by atoms with Gasteiger partial charge in [0.25, 0.3) is 0 Å². The van der Waals surface area contributed by atoms with Gasteiger partial charge in [0.05, 0.1) is 0 Å². The van der Waals surface area contributed by atoms with E-state index in [9.17, 15) is 4.79 Å². The maximum absolute atomic E-state index is 10.2. The molecule has 1 heteroatoms. The summed E-state index contributed by atoms with van der Waals surface area (Å²) in [6, 6.07) is 0. The Morgan fingerprint density at radius 1 is 1.07 bits per heavy atom. The summed E-state index contributed by atoms with van der Waals surface area (Å²) in [5, 5.41) is 0. The maximum Gasteiger partial charge on any atom is 0.120 e. The summed E-state index contributed by atoms with van der Waals surface area (Å²) in [7, 11) is 0. The Kier molecular flexibility index (Phi) is 10.5. The van der Waals surface area contributed by atoms with E-state index in [1.54, 1.807) is 0 Å². The van der Waals surface area contributed by atoms with Crippen LogP contribution in [0.25, 0.3) is 0 Å². The van der Waals surface area contributed by atoms with Gasteiger partial charge in [-0.15, -0.1) is 0 Å². The maximum atomic E-state index is 10.2. The molecule has 0 amide bonds. The second-order valence-corrected chi connectivity index (χ2v) is 4.01. The molecule has 0 heterocycles. The van der Waals surface area contributed by atoms with Crippen LogP contribution in [0.1, 0.15) is 65.2 Å². The lowest BCUT2D eigenvalue weighted by molar-refractivity contribution is -0.107. The third-order valence-electron chi connectivity index (χ3n) is 2.77. The lowest BCUT2D eigenvalue weighted by Crippen LogP contribution is -2.00. The molecule has 0 aromatic heterocycles. The molecule has 0 rings (SSSR count). The first-order valence-electron chi connectivity index (χ1n) is 6.12. The topological polar surface area (TPSA) is 17.1 Å². The van der Waals surface area contributed by atoms with Gasteiger partial charge in [0.1, 0.15) is 6.29 Å². The molecule has 0 N–H and O–H groups in total. The summed E-state index contributed by atoms with van der Waals surface area (Å²) in [5.74, 6) is 0.668. The van der Waals surface area contributed by atoms with Crippen LogP contribution >= 0.6 is 0 Å². The Bertz CT molecular complexity index is 120. The summed E-state index contributed by atoms with van der Waals surface area (Å²) >= 11 is 0. The van der Waals surface area contributed by atoms with E-state index in [-0.39, 0.29) is 0 Å². The summed E-state index contributed by atoms with van der Waals surface area (Å²) < 4.78 is 0. The molecule has 0 aromatic rings. The number of hydrogen-bond acceptors (Lipinski definition) is 1. The fourth-order valence-corrected chi connectivity index (χ4v) is 1.75. The van der Waals surface area contributed by atoms with Crippen LogP contribution < -0.4 is 0 Å². The van der Waals surface area contributed by atoms with Crippen LogP contribution in [-0.2, 0) is 4.79 Å². The van der Waals surface area contributed by atoms with Gasteiger partial charge in [-0.1, -0.05) is 58.8 Å². The van der Waals surface area contributed by atoms with E-state index in [0.717, 1.165) is 6.29 Å². The first-order chi connectivity index (χ1) is 6.85. The van der Waals surface area contributed by atoms with E-state index >= 15 is 0 Å². The summed E-state index contributed by atoms with van der Waals surface area (Å²) in [6.45, 7) is 4.45. The molecule has 1 atom stereocenters. The molecule has 0 aromatic carbocycles. The minimum absolute atomic E-state index is 0.632. The Labute approximate surface area is 89.3 Å². The van der Waals surface area contributed by atoms with Gasteiger partial charge in [0.2, 0.25) is 0 Å². The third kappa shape index (κ3) is 8.28. The molecule has 0 spiro atoms. The highest BCUT2D eigenvalue weighted by molar-refractivity contribution is 5.51. The van der Waals surface area contributed by atoms with Gasteiger partial charge < -0.3 is 4.79 Å². The van der Waals surface area contributed by atoms with Crippen molar-refractivity contribution >= 4 is 6.29 Å². The zero-order valence-electron chi connectivity index (χ0n) is 9.80. The average molecular weight is 197 g/mol. The average Bonchev–Trinajstić information content (AvgIpc) is 2.22. The Morgan fingerprint density at radius 3 is 2.36 bits per heavy atom. The number of aldehydes is 1. The van der Waals surface area contributed by atoms with E-state index in [0.29, 0.717) is 12.3 Å². The molecule has 0 saturated heterocycles. The van der Waals surface area contributed by atoms with Gasteiger partial charge in [-0.3, -0.25) is 0 Å². The summed E-state index contributed by atoms with van der Waals surface area (Å²) in [4.78, 5) is 10.2. The minimum atomic E-state index is 0.632. The molecule has 0 aliphatic rings. The van der Waals surface area contributed by atoms with E-state index in [1.807, 2.05) is 0 Å². The van der Waals surface area contributed by atoms with Gasteiger partial charge in [-0.25, -0.2) is 0 Å². The third-order valence-corrected chi connectivity index (χ3v) is 2.77. The van der Waals surface area contributed by atoms with Crippen molar-refractivity contribution in [3.63, 3.8) is 0 Å². The first-order valence-corrected chi connectivity index (χ1v) is 6.12. The molecular formula is C13H25O. The number of carbonyl (C=O) groups excluding carboxylic acids is 1. The SMILES string of the molecule is CCCCCCCC([CH]CC=O)CC. The molecule has 0 aliphatic heterocycles. The van der Waals surface area contributed by atoms with Crippen LogP contribution in [0.5, 0.6) is 0 Å². The molecule has 1 unspecified atom stereocenters. The van der Waals surface area contributed by atoms with E-state index in [4.69, 9.17) is 0 Å². The second kappa shape index (κ2) is 10.7. The molecule has 0 aliphatic carbocycles. The predicted molar refractivity (Wildman–Crippen MR) is 62.1 cm³/mol. The Morgan fingerprint density at radius 2 is 1.79 bits per heavy atom. The lowest BCUT2D eigenvalue weighted by atomic mass is 9.94. The van der Waals surface area contributed by atoms with E-state index in [2.05, 4.69) is 20.3 Å². The van der Waals surface area contributed by atoms with Crippen molar-refractivity contribution in [2.45, 2.75) is 65.2 Å². The largest absolute Gasteiger partial charge is 0.303 e. The van der Waals surface area contributed by atoms with Crippen molar-refractivity contribution in [2.24, 2.45) is 5.92 Å². The molecule has 0 saturated carbocycles. The van der Waals surface area contributed by atoms with Gasteiger partial charge >= 0.3 is 0 Å². The molecule has 0 fully saturated rings. The van der Waals surface area contributed by atoms with E-state index < -0.39 is 0 Å². The Hall–Kier alpha value is -0.330. The van der Waals surface area contributed by atoms with Crippen molar-refractivity contribution in [3.8, 4) is 0 Å². The fourth-order valence-electron chi connectivity index (χ4n) is 1.75. The van der Waals surface area contributed by atoms with Crippen LogP contribution in [-0.4, -0.2) is 6.29 Å². The molecule has 14 heavy (non-hydrogen) atoms. The highest BCUT2D eigenvalue weighted by Crippen LogP contribution is 2.18. The second-order valence-electron chi connectivity index (χ2n) is 4.01. The highest BCUT2D eigenvalue weighted by Gasteiger charge is 2.05. The van der Waals surface area contributed by atoms with Gasteiger partial charge in [0.15, 0.2) is 0 Å². The lowest BCUT2D eigenvalue weighted by Gasteiger charge is -2.12. The standard InChI is InChI=1S/C13H25O/c1-3-5-6-7-8-10-13(4-2)11-9-12-14/h11-13H,3-10H2,1-2H3. The number of rotatable bonds is 10. The van der Waals surface area contributed by atoms with Crippen LogP contribution in [0.3, 0.4) is 0 Å². The molecule has 1 nitrogen and oxygen atoms in total. The van der Waals surface area contributed by atoms with Gasteiger partial charge in [-0.05, 0) is 12.3 Å². The van der Waals surface area contributed by atoms with Gasteiger partial charge in [0, 0.05) is 6.42 Å². The van der Waals surface area contributed by atoms with Crippen LogP contribution in [0.2, 0.25) is 0 Å². The summed E-state index contributed by atoms with van der Waals surface area (Å²) in [6.07, 6.45) is 13.0. The molecule has 0 bridgehead atoms. The molecular weight excluding hydrogens is 172 g/mol. The predicted octanol–water partition coefficient (Wildman–Crippen LogP) is 4.17. The Balaban J connectivity index is 3.28. The quantitative estimate of drug-likeness (QED) is 0.379. The van der Waals surface area contributed by atoms with Crippen LogP contribution in [0, 0.1) is 12.3 Å². The smallest absolute Gasteiger partial charge is 0.120 e. The zero-order valence-corrected chi connectivity index (χ0v) is 9.80.